The minimum Gasteiger partial charge on any atom is -0.477 e. The Morgan fingerprint density at radius 1 is 1.21 bits per heavy atom. The zero-order chi connectivity index (χ0) is 19.9. The third kappa shape index (κ3) is 5.04. The molecule has 0 radical (unpaired) electrons. The van der Waals surface area contributed by atoms with Gasteiger partial charge in [0, 0.05) is 23.6 Å². The second-order valence-electron chi connectivity index (χ2n) is 6.42. The highest BCUT2D eigenvalue weighted by molar-refractivity contribution is 7.99. The van der Waals surface area contributed by atoms with E-state index in [1.165, 1.54) is 23.9 Å². The molecule has 1 aliphatic heterocycles. The Hall–Kier alpha value is -2.54. The molecular formula is C21H23FN2O3S. The van der Waals surface area contributed by atoms with Crippen molar-refractivity contribution in [1.82, 2.24) is 5.32 Å². The van der Waals surface area contributed by atoms with Gasteiger partial charge in [-0.15, -0.1) is 11.8 Å². The molecule has 28 heavy (non-hydrogen) atoms. The van der Waals surface area contributed by atoms with Crippen LogP contribution in [0.1, 0.15) is 19.8 Å². The third-order valence-corrected chi connectivity index (χ3v) is 5.33. The lowest BCUT2D eigenvalue weighted by molar-refractivity contribution is -0.128. The lowest BCUT2D eigenvalue weighted by Gasteiger charge is -2.34. The van der Waals surface area contributed by atoms with Crippen molar-refractivity contribution in [3.63, 3.8) is 0 Å². The summed E-state index contributed by atoms with van der Waals surface area (Å²) in [7, 11) is 0. The quantitative estimate of drug-likeness (QED) is 0.719. The fourth-order valence-corrected chi connectivity index (χ4v) is 3.73. The number of ether oxygens (including phenoxy) is 1. The molecule has 3 rings (SSSR count). The number of fused-ring (bicyclic) bond motifs is 1. The van der Waals surface area contributed by atoms with Crippen LogP contribution >= 0.6 is 11.8 Å². The zero-order valence-electron chi connectivity index (χ0n) is 15.7. The highest BCUT2D eigenvalue weighted by Gasteiger charge is 2.33. The van der Waals surface area contributed by atoms with Gasteiger partial charge in [-0.3, -0.25) is 9.59 Å². The number of amides is 2. The molecule has 1 heterocycles. The number of nitrogens with zero attached hydrogens (tertiary/aromatic N) is 1. The smallest absolute Gasteiger partial charge is 0.262 e. The molecule has 7 heteroatoms. The minimum absolute atomic E-state index is 0.0707. The maximum absolute atomic E-state index is 13.0. The van der Waals surface area contributed by atoms with Crippen LogP contribution in [0.3, 0.4) is 0 Å². The molecule has 1 aliphatic rings. The molecule has 0 aromatic heterocycles. The predicted molar refractivity (Wildman–Crippen MR) is 108 cm³/mol. The fraction of sp³-hybridized carbons (Fsp3) is 0.333. The van der Waals surface area contributed by atoms with Gasteiger partial charge in [0.25, 0.3) is 5.91 Å². The molecule has 0 saturated heterocycles. The van der Waals surface area contributed by atoms with Gasteiger partial charge < -0.3 is 15.0 Å². The molecule has 0 saturated carbocycles. The van der Waals surface area contributed by atoms with Crippen LogP contribution in [0.5, 0.6) is 5.75 Å². The first-order valence-electron chi connectivity index (χ1n) is 9.30. The number of anilines is 1. The molecule has 2 aromatic rings. The number of benzene rings is 2. The number of hydrogen-bond donors (Lipinski definition) is 1. The van der Waals surface area contributed by atoms with E-state index in [2.05, 4.69) is 5.32 Å². The van der Waals surface area contributed by atoms with Gasteiger partial charge in [0.2, 0.25) is 5.91 Å². The summed E-state index contributed by atoms with van der Waals surface area (Å²) >= 11 is 1.50. The maximum Gasteiger partial charge on any atom is 0.262 e. The molecule has 5 nitrogen and oxygen atoms in total. The molecule has 1 atom stereocenters. The summed E-state index contributed by atoms with van der Waals surface area (Å²) in [5, 5.41) is 2.82. The lowest BCUT2D eigenvalue weighted by Crippen LogP contribution is -2.51. The van der Waals surface area contributed by atoms with Crippen LogP contribution in [0.25, 0.3) is 0 Å². The average molecular weight is 402 g/mol. The summed E-state index contributed by atoms with van der Waals surface area (Å²) in [6.07, 6.45) is 0.410. The van der Waals surface area contributed by atoms with Gasteiger partial charge >= 0.3 is 0 Å². The van der Waals surface area contributed by atoms with E-state index in [0.29, 0.717) is 30.2 Å². The van der Waals surface area contributed by atoms with Crippen LogP contribution in [0, 0.1) is 5.82 Å². The summed E-state index contributed by atoms with van der Waals surface area (Å²) in [4.78, 5) is 27.7. The highest BCUT2D eigenvalue weighted by atomic mass is 32.2. The molecule has 1 N–H and O–H groups in total. The van der Waals surface area contributed by atoms with Crippen LogP contribution in [0.2, 0.25) is 0 Å². The average Bonchev–Trinajstić information content (AvgIpc) is 2.72. The Balaban J connectivity index is 1.65. The van der Waals surface area contributed by atoms with Crippen LogP contribution < -0.4 is 15.0 Å². The van der Waals surface area contributed by atoms with Gasteiger partial charge in [0.15, 0.2) is 6.10 Å². The number of nitrogens with one attached hydrogen (secondary N) is 1. The van der Waals surface area contributed by atoms with Crippen molar-refractivity contribution < 1.29 is 18.7 Å². The van der Waals surface area contributed by atoms with Gasteiger partial charge in [-0.25, -0.2) is 4.39 Å². The van der Waals surface area contributed by atoms with Crippen LogP contribution in [0.4, 0.5) is 10.1 Å². The predicted octanol–water partition coefficient (Wildman–Crippen LogP) is 3.63. The van der Waals surface area contributed by atoms with E-state index in [1.807, 2.05) is 25.1 Å². The molecule has 0 spiro atoms. The number of rotatable bonds is 7. The Labute approximate surface area is 168 Å². The normalized spacial score (nSPS) is 15.5. The maximum atomic E-state index is 13.0. The molecule has 0 aliphatic carbocycles. The number of para-hydroxylation sites is 2. The second kappa shape index (κ2) is 9.59. The fourth-order valence-electron chi connectivity index (χ4n) is 2.89. The molecule has 2 aromatic carbocycles. The first-order chi connectivity index (χ1) is 13.6. The number of carbonyl (C=O) groups excluding carboxylic acids is 2. The van der Waals surface area contributed by atoms with Gasteiger partial charge in [-0.05, 0) is 42.8 Å². The van der Waals surface area contributed by atoms with Crippen molar-refractivity contribution in [3.8, 4) is 5.75 Å². The summed E-state index contributed by atoms with van der Waals surface area (Å²) in [6, 6.07) is 13.4. The first kappa shape index (κ1) is 20.2. The number of halogens is 1. The molecule has 2 amide bonds. The van der Waals surface area contributed by atoms with E-state index in [9.17, 15) is 14.0 Å². The topological polar surface area (TPSA) is 58.6 Å². The monoisotopic (exact) mass is 402 g/mol. The van der Waals surface area contributed by atoms with Crippen LogP contribution in [0.15, 0.2) is 53.4 Å². The highest BCUT2D eigenvalue weighted by Crippen LogP contribution is 2.34. The van der Waals surface area contributed by atoms with Crippen molar-refractivity contribution in [2.45, 2.75) is 30.8 Å². The summed E-state index contributed by atoms with van der Waals surface area (Å²) in [5.41, 5.74) is 0.679. The van der Waals surface area contributed by atoms with E-state index < -0.39 is 6.10 Å². The molecule has 0 fully saturated rings. The van der Waals surface area contributed by atoms with E-state index in [-0.39, 0.29) is 24.2 Å². The Morgan fingerprint density at radius 3 is 2.71 bits per heavy atom. The Bertz CT molecular complexity index is 829. The summed E-state index contributed by atoms with van der Waals surface area (Å²) < 4.78 is 18.8. The number of thioether (sulfide) groups is 1. The second-order valence-corrected chi connectivity index (χ2v) is 7.59. The third-order valence-electron chi connectivity index (χ3n) is 4.31. The summed E-state index contributed by atoms with van der Waals surface area (Å²) in [5.74, 6) is 0.535. The first-order valence-corrected chi connectivity index (χ1v) is 10.3. The number of carbonyl (C=O) groups is 2. The standard InChI is InChI=1S/C21H23FN2O3S/c1-2-12-23-21(26)19-14-24(17-5-3-4-6-18(17)27-19)20(25)11-13-28-16-9-7-15(22)8-10-16/h3-10,19H,2,11-14H2,1H3,(H,23,26)/t19-/m0/s1. The molecule has 0 bridgehead atoms. The van der Waals surface area contributed by atoms with E-state index in [4.69, 9.17) is 4.74 Å². The largest absolute Gasteiger partial charge is 0.477 e. The van der Waals surface area contributed by atoms with Crippen molar-refractivity contribution in [2.75, 3.05) is 23.7 Å². The Kier molecular flexibility index (Phi) is 6.92. The van der Waals surface area contributed by atoms with Crippen molar-refractivity contribution in [1.29, 1.82) is 0 Å². The van der Waals surface area contributed by atoms with Crippen LogP contribution in [-0.4, -0.2) is 36.8 Å². The molecular weight excluding hydrogens is 379 g/mol. The number of hydrogen-bond acceptors (Lipinski definition) is 4. The molecule has 0 unspecified atom stereocenters. The van der Waals surface area contributed by atoms with E-state index in [0.717, 1.165) is 11.3 Å². The van der Waals surface area contributed by atoms with Gasteiger partial charge in [-0.2, -0.15) is 0 Å². The lowest BCUT2D eigenvalue weighted by atomic mass is 10.1. The van der Waals surface area contributed by atoms with E-state index >= 15 is 0 Å². The summed E-state index contributed by atoms with van der Waals surface area (Å²) in [6.45, 7) is 2.74. The van der Waals surface area contributed by atoms with Gasteiger partial charge in [0.05, 0.1) is 12.2 Å². The van der Waals surface area contributed by atoms with Crippen molar-refractivity contribution in [2.24, 2.45) is 0 Å². The SMILES string of the molecule is CCCNC(=O)[C@@H]1CN(C(=O)CCSc2ccc(F)cc2)c2ccccc2O1. The van der Waals surface area contributed by atoms with Gasteiger partial charge in [-0.1, -0.05) is 19.1 Å². The minimum atomic E-state index is -0.727. The van der Waals surface area contributed by atoms with Crippen LogP contribution in [-0.2, 0) is 9.59 Å². The van der Waals surface area contributed by atoms with E-state index in [1.54, 1.807) is 23.1 Å². The van der Waals surface area contributed by atoms with Gasteiger partial charge in [0.1, 0.15) is 11.6 Å². The Morgan fingerprint density at radius 2 is 1.96 bits per heavy atom. The van der Waals surface area contributed by atoms with Crippen molar-refractivity contribution in [3.05, 3.63) is 54.3 Å². The molecule has 148 valence electrons. The zero-order valence-corrected chi connectivity index (χ0v) is 16.5. The van der Waals surface area contributed by atoms with Crippen molar-refractivity contribution >= 4 is 29.3 Å².